The second-order valence-electron chi connectivity index (χ2n) is 4.08. The van der Waals surface area contributed by atoms with Crippen LogP contribution in [0.3, 0.4) is 0 Å². The Hall–Kier alpha value is -0.290. The van der Waals surface area contributed by atoms with Gasteiger partial charge in [-0.25, -0.2) is 0 Å². The first-order valence-electron chi connectivity index (χ1n) is 5.39. The number of rotatable bonds is 7. The first-order chi connectivity index (χ1) is 6.97. The van der Waals surface area contributed by atoms with E-state index in [-0.39, 0.29) is 19.1 Å². The van der Waals surface area contributed by atoms with Crippen molar-refractivity contribution in [2.45, 2.75) is 50.9 Å². The van der Waals surface area contributed by atoms with E-state index in [1.165, 1.54) is 12.8 Å². The van der Waals surface area contributed by atoms with Crippen molar-refractivity contribution in [2.75, 3.05) is 13.2 Å². The second kappa shape index (κ2) is 5.70. The summed E-state index contributed by atoms with van der Waals surface area (Å²) >= 11 is 0. The molecule has 2 nitrogen and oxygen atoms in total. The fraction of sp³-hybridized carbons (Fsp3) is 1.00. The third kappa shape index (κ3) is 7.62. The molecule has 1 aliphatic rings. The van der Waals surface area contributed by atoms with E-state index in [0.717, 1.165) is 6.54 Å². The highest BCUT2D eigenvalue weighted by Gasteiger charge is 2.26. The molecule has 0 heterocycles. The molecule has 0 aromatic heterocycles. The summed E-state index contributed by atoms with van der Waals surface area (Å²) in [4.78, 5) is 0. The summed E-state index contributed by atoms with van der Waals surface area (Å²) in [6, 6.07) is 0.617. The van der Waals surface area contributed by atoms with Crippen molar-refractivity contribution in [2.24, 2.45) is 0 Å². The van der Waals surface area contributed by atoms with Gasteiger partial charge < -0.3 is 10.1 Å². The zero-order valence-electron chi connectivity index (χ0n) is 8.94. The van der Waals surface area contributed by atoms with Crippen molar-refractivity contribution in [3.8, 4) is 0 Å². The first kappa shape index (κ1) is 12.8. The fourth-order valence-corrected chi connectivity index (χ4v) is 1.24. The van der Waals surface area contributed by atoms with Crippen LogP contribution in [0, 0.1) is 0 Å². The van der Waals surface area contributed by atoms with Gasteiger partial charge in [0.25, 0.3) is 0 Å². The van der Waals surface area contributed by atoms with Gasteiger partial charge in [-0.15, -0.1) is 0 Å². The van der Waals surface area contributed by atoms with E-state index in [9.17, 15) is 13.2 Å². The van der Waals surface area contributed by atoms with Gasteiger partial charge in [-0.3, -0.25) is 0 Å². The highest BCUT2D eigenvalue weighted by Crippen LogP contribution is 2.21. The quantitative estimate of drug-likeness (QED) is 0.672. The lowest BCUT2D eigenvalue weighted by Crippen LogP contribution is -2.28. The summed E-state index contributed by atoms with van der Waals surface area (Å²) < 4.78 is 40.6. The van der Waals surface area contributed by atoms with Crippen molar-refractivity contribution in [3.63, 3.8) is 0 Å². The molecule has 5 heteroatoms. The Morgan fingerprint density at radius 2 is 2.07 bits per heavy atom. The molecule has 1 N–H and O–H groups in total. The van der Waals surface area contributed by atoms with E-state index < -0.39 is 12.6 Å². The number of ether oxygens (including phenoxy) is 1. The molecule has 0 aromatic rings. The average Bonchev–Trinajstić information content (AvgIpc) is 2.91. The third-order valence-corrected chi connectivity index (χ3v) is 2.28. The molecule has 0 saturated heterocycles. The van der Waals surface area contributed by atoms with Crippen LogP contribution in [-0.2, 0) is 4.74 Å². The van der Waals surface area contributed by atoms with Crippen LogP contribution in [0.5, 0.6) is 0 Å². The van der Waals surface area contributed by atoms with Crippen molar-refractivity contribution < 1.29 is 17.9 Å². The molecule has 1 aliphatic carbocycles. The lowest BCUT2D eigenvalue weighted by molar-refractivity contribution is -0.138. The van der Waals surface area contributed by atoms with E-state index in [0.29, 0.717) is 6.04 Å². The maximum absolute atomic E-state index is 11.8. The van der Waals surface area contributed by atoms with E-state index in [1.807, 2.05) is 6.92 Å². The summed E-state index contributed by atoms with van der Waals surface area (Å²) in [6.07, 6.45) is -2.34. The zero-order chi connectivity index (χ0) is 11.3. The number of hydrogen-bond donors (Lipinski definition) is 1. The molecule has 1 fully saturated rings. The summed E-state index contributed by atoms with van der Waals surface area (Å²) in [6.45, 7) is 2.80. The minimum Gasteiger partial charge on any atom is -0.377 e. The van der Waals surface area contributed by atoms with Crippen molar-refractivity contribution in [1.82, 2.24) is 5.32 Å². The van der Waals surface area contributed by atoms with Gasteiger partial charge in [0, 0.05) is 25.6 Å². The largest absolute Gasteiger partial charge is 0.389 e. The fourth-order valence-electron chi connectivity index (χ4n) is 1.24. The van der Waals surface area contributed by atoms with E-state index in [1.54, 1.807) is 0 Å². The van der Waals surface area contributed by atoms with Crippen LogP contribution in [0.15, 0.2) is 0 Å². The Kier molecular flexibility index (Phi) is 4.86. The Balaban J connectivity index is 1.89. The maximum Gasteiger partial charge on any atom is 0.389 e. The van der Waals surface area contributed by atoms with Crippen molar-refractivity contribution >= 4 is 0 Å². The standard InChI is InChI=1S/C10H18F3NO/c1-8(7-14-9-3-4-9)15-6-2-5-10(11,12)13/h8-9,14H,2-7H2,1H3. The topological polar surface area (TPSA) is 21.3 Å². The van der Waals surface area contributed by atoms with Gasteiger partial charge in [0.2, 0.25) is 0 Å². The minimum absolute atomic E-state index is 0.00108. The van der Waals surface area contributed by atoms with Crippen LogP contribution in [0.4, 0.5) is 13.2 Å². The van der Waals surface area contributed by atoms with Gasteiger partial charge in [0.15, 0.2) is 0 Å². The molecule has 0 amide bonds. The highest BCUT2D eigenvalue weighted by atomic mass is 19.4. The number of alkyl halides is 3. The lowest BCUT2D eigenvalue weighted by Gasteiger charge is -2.14. The Labute approximate surface area is 88.2 Å². The van der Waals surface area contributed by atoms with Crippen LogP contribution in [0.25, 0.3) is 0 Å². The zero-order valence-corrected chi connectivity index (χ0v) is 8.94. The first-order valence-corrected chi connectivity index (χ1v) is 5.39. The minimum atomic E-state index is -4.06. The van der Waals surface area contributed by atoms with Crippen LogP contribution < -0.4 is 5.32 Å². The van der Waals surface area contributed by atoms with Gasteiger partial charge >= 0.3 is 6.18 Å². The van der Waals surface area contributed by atoms with Gasteiger partial charge in [0.05, 0.1) is 6.10 Å². The molecule has 1 unspecified atom stereocenters. The van der Waals surface area contributed by atoms with Crippen LogP contribution in [0.2, 0.25) is 0 Å². The molecule has 0 aliphatic heterocycles. The van der Waals surface area contributed by atoms with Crippen LogP contribution in [0.1, 0.15) is 32.6 Å². The van der Waals surface area contributed by atoms with E-state index in [4.69, 9.17) is 4.74 Å². The number of nitrogens with one attached hydrogen (secondary N) is 1. The molecule has 0 spiro atoms. The Bertz CT molecular complexity index is 180. The lowest BCUT2D eigenvalue weighted by atomic mass is 10.3. The van der Waals surface area contributed by atoms with Crippen molar-refractivity contribution in [1.29, 1.82) is 0 Å². The van der Waals surface area contributed by atoms with Crippen LogP contribution >= 0.6 is 0 Å². The molecule has 90 valence electrons. The molecule has 0 bridgehead atoms. The normalized spacial score (nSPS) is 19.2. The monoisotopic (exact) mass is 225 g/mol. The Morgan fingerprint density at radius 1 is 1.40 bits per heavy atom. The van der Waals surface area contributed by atoms with E-state index in [2.05, 4.69) is 5.32 Å². The van der Waals surface area contributed by atoms with Crippen LogP contribution in [-0.4, -0.2) is 31.5 Å². The molecule has 1 rings (SSSR count). The third-order valence-electron chi connectivity index (χ3n) is 2.28. The van der Waals surface area contributed by atoms with E-state index >= 15 is 0 Å². The molecule has 1 saturated carbocycles. The molecule has 0 radical (unpaired) electrons. The number of hydrogen-bond acceptors (Lipinski definition) is 2. The summed E-state index contributed by atoms with van der Waals surface area (Å²) in [5.74, 6) is 0. The Morgan fingerprint density at radius 3 is 2.60 bits per heavy atom. The maximum atomic E-state index is 11.8. The average molecular weight is 225 g/mol. The molecule has 1 atom stereocenters. The molecular weight excluding hydrogens is 207 g/mol. The predicted molar refractivity (Wildman–Crippen MR) is 51.7 cm³/mol. The number of halogens is 3. The summed E-state index contributed by atoms with van der Waals surface area (Å²) in [5, 5.41) is 3.27. The van der Waals surface area contributed by atoms with Gasteiger partial charge in [-0.1, -0.05) is 0 Å². The van der Waals surface area contributed by atoms with Crippen molar-refractivity contribution in [3.05, 3.63) is 0 Å². The smallest absolute Gasteiger partial charge is 0.377 e. The van der Waals surface area contributed by atoms with Gasteiger partial charge in [0.1, 0.15) is 0 Å². The SMILES string of the molecule is CC(CNC1CC1)OCCCC(F)(F)F. The molecular formula is C10H18F3NO. The predicted octanol–water partition coefficient (Wildman–Crippen LogP) is 2.49. The van der Waals surface area contributed by atoms with Gasteiger partial charge in [-0.2, -0.15) is 13.2 Å². The molecule has 0 aromatic carbocycles. The molecule has 15 heavy (non-hydrogen) atoms. The summed E-state index contributed by atoms with van der Waals surface area (Å²) in [7, 11) is 0. The second-order valence-corrected chi connectivity index (χ2v) is 4.08. The summed E-state index contributed by atoms with van der Waals surface area (Å²) in [5.41, 5.74) is 0. The van der Waals surface area contributed by atoms with Gasteiger partial charge in [-0.05, 0) is 26.2 Å². The highest BCUT2D eigenvalue weighted by molar-refractivity contribution is 4.81.